The Hall–Kier alpha value is -3.71. The van der Waals surface area contributed by atoms with Gasteiger partial charge in [-0.25, -0.2) is 4.79 Å². The van der Waals surface area contributed by atoms with Crippen molar-refractivity contribution in [1.29, 1.82) is 0 Å². The van der Waals surface area contributed by atoms with Gasteiger partial charge in [-0.3, -0.25) is 14.5 Å². The predicted octanol–water partition coefficient (Wildman–Crippen LogP) is 4.77. The van der Waals surface area contributed by atoms with Crippen LogP contribution in [0.2, 0.25) is 0 Å². The number of carboxylic acids is 1. The number of benzene rings is 3. The Labute approximate surface area is 186 Å². The van der Waals surface area contributed by atoms with Gasteiger partial charge in [-0.1, -0.05) is 58.4 Å². The number of aliphatic hydroxyl groups excluding tert-OH is 1. The van der Waals surface area contributed by atoms with Crippen molar-refractivity contribution in [3.05, 3.63) is 106 Å². The normalized spacial score (nSPS) is 17.7. The number of aliphatic hydroxyl groups is 1. The minimum Gasteiger partial charge on any atom is -0.507 e. The first kappa shape index (κ1) is 20.6. The van der Waals surface area contributed by atoms with Gasteiger partial charge in [-0.05, 0) is 42.0 Å². The lowest BCUT2D eigenvalue weighted by Gasteiger charge is -2.25. The highest BCUT2D eigenvalue weighted by molar-refractivity contribution is 9.10. The average molecular weight is 478 g/mol. The largest absolute Gasteiger partial charge is 0.507 e. The van der Waals surface area contributed by atoms with Gasteiger partial charge in [0.1, 0.15) is 5.76 Å². The molecule has 0 aliphatic carbocycles. The van der Waals surface area contributed by atoms with Crippen LogP contribution in [-0.2, 0) is 9.59 Å². The Balaban J connectivity index is 1.91. The summed E-state index contributed by atoms with van der Waals surface area (Å²) in [6, 6.07) is 20.5. The van der Waals surface area contributed by atoms with Crippen molar-refractivity contribution in [1.82, 2.24) is 0 Å². The van der Waals surface area contributed by atoms with Crippen molar-refractivity contribution in [2.75, 3.05) is 4.90 Å². The second-order valence-electron chi connectivity index (χ2n) is 6.94. The molecule has 7 heteroatoms. The van der Waals surface area contributed by atoms with Crippen LogP contribution in [0.15, 0.2) is 88.9 Å². The number of ketones is 1. The first-order valence-electron chi connectivity index (χ1n) is 9.33. The standard InChI is InChI=1S/C24H16BrNO5/c25-17-10-6-14(7-11-17)20-19(21(27)15-4-2-1-3-5-15)22(28)23(29)26(20)18-12-8-16(9-13-18)24(30)31/h1-13,20,27H,(H,30,31)/t20-/m1/s1. The summed E-state index contributed by atoms with van der Waals surface area (Å²) in [6.45, 7) is 0. The van der Waals surface area contributed by atoms with Gasteiger partial charge >= 0.3 is 5.97 Å². The zero-order valence-electron chi connectivity index (χ0n) is 16.0. The van der Waals surface area contributed by atoms with E-state index < -0.39 is 23.7 Å². The van der Waals surface area contributed by atoms with Gasteiger partial charge in [-0.2, -0.15) is 0 Å². The lowest BCUT2D eigenvalue weighted by atomic mass is 9.95. The third-order valence-electron chi connectivity index (χ3n) is 5.07. The number of carboxylic acid groups (broad SMARTS) is 1. The molecule has 1 heterocycles. The van der Waals surface area contributed by atoms with Gasteiger partial charge in [0.2, 0.25) is 0 Å². The molecule has 0 radical (unpaired) electrons. The van der Waals surface area contributed by atoms with E-state index in [1.54, 1.807) is 54.6 Å². The minimum absolute atomic E-state index is 0.0270. The summed E-state index contributed by atoms with van der Waals surface area (Å²) < 4.78 is 0.821. The molecule has 0 bridgehead atoms. The zero-order chi connectivity index (χ0) is 22.1. The molecule has 154 valence electrons. The Kier molecular flexibility index (Phi) is 5.44. The molecule has 0 spiro atoms. The number of amides is 1. The number of hydrogen-bond acceptors (Lipinski definition) is 4. The molecular formula is C24H16BrNO5. The molecule has 0 unspecified atom stereocenters. The van der Waals surface area contributed by atoms with Crippen molar-refractivity contribution in [2.45, 2.75) is 6.04 Å². The van der Waals surface area contributed by atoms with Gasteiger partial charge in [0.25, 0.3) is 11.7 Å². The number of aromatic carboxylic acids is 1. The summed E-state index contributed by atoms with van der Waals surface area (Å²) in [5, 5.41) is 20.1. The van der Waals surface area contributed by atoms with Crippen LogP contribution < -0.4 is 4.90 Å². The van der Waals surface area contributed by atoms with Crippen LogP contribution in [0.25, 0.3) is 5.76 Å². The van der Waals surface area contributed by atoms with Crippen LogP contribution in [0, 0.1) is 0 Å². The fraction of sp³-hybridized carbons (Fsp3) is 0.0417. The van der Waals surface area contributed by atoms with E-state index in [1.807, 2.05) is 0 Å². The monoisotopic (exact) mass is 477 g/mol. The minimum atomic E-state index is -1.10. The molecule has 2 N–H and O–H groups in total. The SMILES string of the molecule is O=C1C(=O)N(c2ccc(C(=O)O)cc2)[C@H](c2ccc(Br)cc2)C1=C(O)c1ccccc1. The maximum absolute atomic E-state index is 13.0. The van der Waals surface area contributed by atoms with Crippen molar-refractivity contribution < 1.29 is 24.6 Å². The first-order chi connectivity index (χ1) is 14.9. The van der Waals surface area contributed by atoms with Crippen molar-refractivity contribution >= 4 is 45.0 Å². The second kappa shape index (κ2) is 8.20. The maximum atomic E-state index is 13.0. The summed E-state index contributed by atoms with van der Waals surface area (Å²) in [5.41, 5.74) is 1.43. The number of anilines is 1. The van der Waals surface area contributed by atoms with Crippen LogP contribution in [0.4, 0.5) is 5.69 Å². The number of rotatable bonds is 4. The fourth-order valence-corrected chi connectivity index (χ4v) is 3.84. The third kappa shape index (κ3) is 3.75. The van der Waals surface area contributed by atoms with E-state index in [-0.39, 0.29) is 16.9 Å². The highest BCUT2D eigenvalue weighted by Gasteiger charge is 2.46. The molecule has 31 heavy (non-hydrogen) atoms. The van der Waals surface area contributed by atoms with E-state index in [9.17, 15) is 19.5 Å². The van der Waals surface area contributed by atoms with Gasteiger partial charge in [-0.15, -0.1) is 0 Å². The summed E-state index contributed by atoms with van der Waals surface area (Å²) >= 11 is 3.38. The number of carbonyl (C=O) groups is 3. The quantitative estimate of drug-likeness (QED) is 0.320. The number of halogens is 1. The molecule has 1 amide bonds. The third-order valence-corrected chi connectivity index (χ3v) is 5.60. The zero-order valence-corrected chi connectivity index (χ0v) is 17.6. The molecule has 1 aliphatic heterocycles. The van der Waals surface area contributed by atoms with Gasteiger partial charge in [0, 0.05) is 15.7 Å². The summed E-state index contributed by atoms with van der Waals surface area (Å²) in [7, 11) is 0. The lowest BCUT2D eigenvalue weighted by molar-refractivity contribution is -0.132. The van der Waals surface area contributed by atoms with E-state index in [4.69, 9.17) is 5.11 Å². The maximum Gasteiger partial charge on any atom is 0.335 e. The van der Waals surface area contributed by atoms with Gasteiger partial charge in [0.05, 0.1) is 17.2 Å². The molecule has 1 saturated heterocycles. The lowest BCUT2D eigenvalue weighted by Crippen LogP contribution is -2.29. The summed E-state index contributed by atoms with van der Waals surface area (Å²) in [4.78, 5) is 38.5. The Morgan fingerprint density at radius 2 is 1.42 bits per heavy atom. The predicted molar refractivity (Wildman–Crippen MR) is 119 cm³/mol. The molecule has 4 rings (SSSR count). The number of Topliss-reactive ketones (excluding diaryl/α,β-unsaturated/α-hetero) is 1. The van der Waals surface area contributed by atoms with Crippen LogP contribution >= 0.6 is 15.9 Å². The van der Waals surface area contributed by atoms with E-state index in [0.29, 0.717) is 16.8 Å². The molecule has 1 aliphatic rings. The number of carbonyl (C=O) groups excluding carboxylic acids is 2. The highest BCUT2D eigenvalue weighted by atomic mass is 79.9. The van der Waals surface area contributed by atoms with Gasteiger partial charge in [0.15, 0.2) is 0 Å². The second-order valence-corrected chi connectivity index (χ2v) is 7.85. The van der Waals surface area contributed by atoms with Crippen LogP contribution in [0.3, 0.4) is 0 Å². The molecule has 3 aromatic carbocycles. The van der Waals surface area contributed by atoms with Crippen LogP contribution in [0.5, 0.6) is 0 Å². The summed E-state index contributed by atoms with van der Waals surface area (Å²) in [5.74, 6) is -2.97. The smallest absolute Gasteiger partial charge is 0.335 e. The van der Waals surface area contributed by atoms with E-state index in [0.717, 1.165) is 4.47 Å². The van der Waals surface area contributed by atoms with Crippen LogP contribution in [0.1, 0.15) is 27.5 Å². The van der Waals surface area contributed by atoms with Crippen molar-refractivity contribution in [3.63, 3.8) is 0 Å². The van der Waals surface area contributed by atoms with Crippen LogP contribution in [-0.4, -0.2) is 27.9 Å². The topological polar surface area (TPSA) is 94.9 Å². The van der Waals surface area contributed by atoms with E-state index >= 15 is 0 Å². The first-order valence-corrected chi connectivity index (χ1v) is 10.1. The Bertz CT molecular complexity index is 1200. The Morgan fingerprint density at radius 3 is 2.00 bits per heavy atom. The highest BCUT2D eigenvalue weighted by Crippen LogP contribution is 2.42. The molecule has 1 fully saturated rings. The molecule has 1 atom stereocenters. The number of hydrogen-bond donors (Lipinski definition) is 2. The fourth-order valence-electron chi connectivity index (χ4n) is 3.58. The summed E-state index contributed by atoms with van der Waals surface area (Å²) in [6.07, 6.45) is 0. The van der Waals surface area contributed by atoms with E-state index in [1.165, 1.54) is 29.2 Å². The molecule has 6 nitrogen and oxygen atoms in total. The van der Waals surface area contributed by atoms with Crippen molar-refractivity contribution in [2.24, 2.45) is 0 Å². The van der Waals surface area contributed by atoms with Crippen molar-refractivity contribution in [3.8, 4) is 0 Å². The van der Waals surface area contributed by atoms with Gasteiger partial charge < -0.3 is 10.2 Å². The molecule has 0 saturated carbocycles. The molecule has 3 aromatic rings. The Morgan fingerprint density at radius 1 is 0.806 bits per heavy atom. The average Bonchev–Trinajstić information content (AvgIpc) is 3.05. The molecule has 0 aromatic heterocycles. The van der Waals surface area contributed by atoms with E-state index in [2.05, 4.69) is 15.9 Å². The molecular weight excluding hydrogens is 462 g/mol. The number of nitrogens with zero attached hydrogens (tertiary/aromatic N) is 1.